The Kier molecular flexibility index (Phi) is 5.96. The predicted molar refractivity (Wildman–Crippen MR) is 168 cm³/mol. The lowest BCUT2D eigenvalue weighted by molar-refractivity contribution is -0.121. The number of amides is 1. The van der Waals surface area contributed by atoms with Gasteiger partial charge in [0.05, 0.1) is 23.5 Å². The minimum absolute atomic E-state index is 0.0566. The Morgan fingerprint density at radius 1 is 0.932 bits per heavy atom. The lowest BCUT2D eigenvalue weighted by atomic mass is 9.64. The van der Waals surface area contributed by atoms with Crippen molar-refractivity contribution in [3.05, 3.63) is 118 Å². The van der Waals surface area contributed by atoms with Gasteiger partial charge in [0.2, 0.25) is 12.7 Å². The molecule has 44 heavy (non-hydrogen) atoms. The van der Waals surface area contributed by atoms with Gasteiger partial charge in [0, 0.05) is 22.5 Å². The van der Waals surface area contributed by atoms with Crippen molar-refractivity contribution in [2.24, 2.45) is 5.92 Å². The third kappa shape index (κ3) is 3.59. The number of hydrogen-bond acceptors (Lipinski definition) is 7. The number of Topliss-reactive ketones (excluding diaryl/α,β-unsaturated/α-hetero) is 2. The number of fused-ring (bicyclic) bond motifs is 7. The number of carbonyl (C=O) groups is 3. The number of methoxy groups -OCH3 is 1. The van der Waals surface area contributed by atoms with Crippen LogP contribution in [0.25, 0.3) is 6.08 Å². The molecule has 1 saturated heterocycles. The van der Waals surface area contributed by atoms with Crippen molar-refractivity contribution in [1.29, 1.82) is 0 Å². The average Bonchev–Trinajstić information content (AvgIpc) is 3.73. The van der Waals surface area contributed by atoms with Gasteiger partial charge in [-0.15, -0.1) is 0 Å². The number of nitrogens with one attached hydrogen (secondary N) is 1. The molecule has 8 rings (SSSR count). The Bertz CT molecular complexity index is 1940. The van der Waals surface area contributed by atoms with Crippen LogP contribution in [0.2, 0.25) is 0 Å². The highest BCUT2D eigenvalue weighted by atomic mass is 79.9. The summed E-state index contributed by atoms with van der Waals surface area (Å²) in [4.78, 5) is 46.4. The van der Waals surface area contributed by atoms with E-state index in [0.717, 1.165) is 11.3 Å². The summed E-state index contributed by atoms with van der Waals surface area (Å²) in [6.45, 7) is 0.0566. The van der Waals surface area contributed by atoms with Crippen LogP contribution in [0.3, 0.4) is 0 Å². The van der Waals surface area contributed by atoms with Crippen LogP contribution in [0.5, 0.6) is 17.2 Å². The van der Waals surface area contributed by atoms with Crippen molar-refractivity contribution in [1.82, 2.24) is 0 Å². The Morgan fingerprint density at radius 2 is 1.68 bits per heavy atom. The van der Waals surface area contributed by atoms with Gasteiger partial charge in [-0.2, -0.15) is 0 Å². The Hall–Kier alpha value is -4.89. The van der Waals surface area contributed by atoms with Crippen molar-refractivity contribution in [3.63, 3.8) is 0 Å². The molecule has 4 aromatic carbocycles. The molecule has 4 atom stereocenters. The molecule has 0 aliphatic carbocycles. The second-order valence-corrected chi connectivity index (χ2v) is 12.1. The second kappa shape index (κ2) is 9.82. The number of halogens is 1. The zero-order valence-electron chi connectivity index (χ0n) is 23.5. The van der Waals surface area contributed by atoms with Crippen molar-refractivity contribution in [3.8, 4) is 17.2 Å². The molecular weight excluding hydrogens is 624 g/mol. The van der Waals surface area contributed by atoms with Crippen LogP contribution in [-0.2, 0) is 10.2 Å². The topological polar surface area (TPSA) is 94.2 Å². The van der Waals surface area contributed by atoms with Gasteiger partial charge in [-0.3, -0.25) is 14.4 Å². The summed E-state index contributed by atoms with van der Waals surface area (Å²) in [5, 5.41) is 3.06. The molecule has 1 N–H and O–H groups in total. The number of benzene rings is 4. The van der Waals surface area contributed by atoms with E-state index in [1.165, 1.54) is 0 Å². The summed E-state index contributed by atoms with van der Waals surface area (Å²) in [5.41, 5.74) is 2.32. The minimum Gasteiger partial charge on any atom is -0.496 e. The third-order valence-corrected chi connectivity index (χ3v) is 9.81. The largest absolute Gasteiger partial charge is 0.496 e. The molecular formula is C35H25BrN2O6. The number of ether oxygens (including phenoxy) is 3. The third-order valence-electron chi connectivity index (χ3n) is 9.19. The molecule has 0 aromatic heterocycles. The monoisotopic (exact) mass is 648 g/mol. The quantitative estimate of drug-likeness (QED) is 0.264. The lowest BCUT2D eigenvalue weighted by Crippen LogP contribution is -2.51. The van der Waals surface area contributed by atoms with Gasteiger partial charge in [0.15, 0.2) is 23.1 Å². The van der Waals surface area contributed by atoms with E-state index in [9.17, 15) is 9.59 Å². The number of anilines is 2. The van der Waals surface area contributed by atoms with Crippen molar-refractivity contribution < 1.29 is 28.6 Å². The molecule has 0 radical (unpaired) electrons. The van der Waals surface area contributed by atoms with E-state index in [0.29, 0.717) is 44.1 Å². The van der Waals surface area contributed by atoms with E-state index in [1.54, 1.807) is 43.5 Å². The van der Waals surface area contributed by atoms with Gasteiger partial charge >= 0.3 is 0 Å². The van der Waals surface area contributed by atoms with E-state index < -0.39 is 23.4 Å². The van der Waals surface area contributed by atoms with Crippen LogP contribution in [0.4, 0.5) is 11.4 Å². The number of hydrogen-bond donors (Lipinski definition) is 1. The first kappa shape index (κ1) is 26.7. The number of carbonyl (C=O) groups excluding carboxylic acids is 3. The fourth-order valence-corrected chi connectivity index (χ4v) is 7.88. The normalized spacial score (nSPS) is 23.6. The number of nitrogens with zero attached hydrogens (tertiary/aromatic N) is 1. The number of ketones is 2. The second-order valence-electron chi connectivity index (χ2n) is 11.2. The highest BCUT2D eigenvalue weighted by molar-refractivity contribution is 9.10. The fraction of sp³-hybridized carbons (Fsp3) is 0.171. The predicted octanol–water partition coefficient (Wildman–Crippen LogP) is 6.04. The summed E-state index contributed by atoms with van der Waals surface area (Å²) < 4.78 is 17.1. The molecule has 4 heterocycles. The van der Waals surface area contributed by atoms with Crippen molar-refractivity contribution in [2.75, 3.05) is 24.1 Å². The van der Waals surface area contributed by atoms with Crippen molar-refractivity contribution >= 4 is 50.9 Å². The van der Waals surface area contributed by atoms with Gasteiger partial charge < -0.3 is 24.4 Å². The summed E-state index contributed by atoms with van der Waals surface area (Å²) >= 11 is 3.52. The average molecular weight is 649 g/mol. The summed E-state index contributed by atoms with van der Waals surface area (Å²) in [6.07, 6.45) is 3.94. The molecule has 0 saturated carbocycles. The van der Waals surface area contributed by atoms with E-state index in [-0.39, 0.29) is 24.3 Å². The van der Waals surface area contributed by atoms with E-state index in [4.69, 9.17) is 14.2 Å². The van der Waals surface area contributed by atoms with Crippen LogP contribution in [-0.4, -0.2) is 43.5 Å². The van der Waals surface area contributed by atoms with Crippen LogP contribution < -0.4 is 24.4 Å². The first-order valence-corrected chi connectivity index (χ1v) is 15.0. The molecule has 1 spiro atoms. The van der Waals surface area contributed by atoms with E-state index in [2.05, 4.69) is 21.2 Å². The Morgan fingerprint density at radius 3 is 2.52 bits per heavy atom. The first-order valence-electron chi connectivity index (χ1n) is 14.2. The molecule has 4 aliphatic rings. The van der Waals surface area contributed by atoms with Gasteiger partial charge in [0.1, 0.15) is 17.2 Å². The van der Waals surface area contributed by atoms with Crippen molar-refractivity contribution in [2.45, 2.75) is 17.5 Å². The Balaban J connectivity index is 1.40. The summed E-state index contributed by atoms with van der Waals surface area (Å²) in [7, 11) is 1.56. The van der Waals surface area contributed by atoms with E-state index >= 15 is 4.79 Å². The molecule has 4 aliphatic heterocycles. The molecule has 0 bridgehead atoms. The van der Waals surface area contributed by atoms with E-state index in [1.807, 2.05) is 65.6 Å². The molecule has 1 fully saturated rings. The van der Waals surface area contributed by atoms with Crippen LogP contribution in [0.15, 0.2) is 95.5 Å². The maximum Gasteiger partial charge on any atom is 0.238 e. The zero-order chi connectivity index (χ0) is 30.2. The minimum atomic E-state index is -1.40. The maximum atomic E-state index is 15.0. The highest BCUT2D eigenvalue weighted by Crippen LogP contribution is 2.58. The SMILES string of the molecule is COc1ccc(C(=O)C2C(C(=O)c3ccc4c(c3)OCO4)C3(C(=O)Nc4ccccc43)C3C=Cc4ccccc4N23)cc1Br. The molecule has 1 amide bonds. The van der Waals surface area contributed by atoms with Crippen LogP contribution in [0.1, 0.15) is 31.8 Å². The fourth-order valence-electron chi connectivity index (χ4n) is 7.34. The zero-order valence-corrected chi connectivity index (χ0v) is 25.0. The molecule has 9 heteroatoms. The highest BCUT2D eigenvalue weighted by Gasteiger charge is 2.70. The molecule has 4 unspecified atom stereocenters. The van der Waals surface area contributed by atoms with Gasteiger partial charge in [-0.05, 0) is 75.6 Å². The number of para-hydroxylation sites is 2. The first-order chi connectivity index (χ1) is 21.4. The van der Waals surface area contributed by atoms with Gasteiger partial charge in [-0.1, -0.05) is 48.6 Å². The van der Waals surface area contributed by atoms with Gasteiger partial charge in [-0.25, -0.2) is 0 Å². The van der Waals surface area contributed by atoms with Crippen LogP contribution in [0, 0.1) is 5.92 Å². The standard InChI is InChI=1S/C35H25BrN2O6/c1-42-26-13-10-20(16-23(26)36)33(40)31-30(32(39)21-11-14-27-28(17-21)44-18-43-27)35(22-7-3-4-8-24(22)37-34(35)41)29-15-12-19-6-2-5-9-25(19)38(29)31/h2-17,29-31H,18H2,1H3,(H,37,41). The molecule has 218 valence electrons. The molecule has 4 aromatic rings. The lowest BCUT2D eigenvalue weighted by Gasteiger charge is -2.37. The summed E-state index contributed by atoms with van der Waals surface area (Å²) in [6, 6.07) is 23.7. The smallest absolute Gasteiger partial charge is 0.238 e. The maximum absolute atomic E-state index is 15.0. The summed E-state index contributed by atoms with van der Waals surface area (Å²) in [5.74, 6) is -0.465. The van der Waals surface area contributed by atoms with Crippen LogP contribution >= 0.6 is 15.9 Å². The Labute approximate surface area is 261 Å². The van der Waals surface area contributed by atoms with Gasteiger partial charge in [0.25, 0.3) is 0 Å². The number of rotatable bonds is 5. The molecule has 8 nitrogen and oxygen atoms in total.